The van der Waals surface area contributed by atoms with Crippen LogP contribution in [0, 0.1) is 0 Å². The van der Waals surface area contributed by atoms with Gasteiger partial charge in [0.15, 0.2) is 5.82 Å². The minimum Gasteiger partial charge on any atom is -0.497 e. The standard InChI is InChI=1S/C14H14N6O3/c1-23-10-4-2-9(3-5-10)8-16-11-12-18-19-13(17-14(21)22)20(12)7-6-15-11/h2-7H,8H2,1H3,(H,15,16)(H,17,19)(H,21,22). The number of anilines is 2. The molecule has 0 saturated carbocycles. The molecule has 23 heavy (non-hydrogen) atoms. The van der Waals surface area contributed by atoms with Crippen molar-refractivity contribution in [3.8, 4) is 5.75 Å². The van der Waals surface area contributed by atoms with E-state index in [1.807, 2.05) is 24.3 Å². The molecule has 0 saturated heterocycles. The Kier molecular flexibility index (Phi) is 3.91. The number of fused-ring (bicyclic) bond motifs is 1. The lowest BCUT2D eigenvalue weighted by Crippen LogP contribution is -2.10. The quantitative estimate of drug-likeness (QED) is 0.658. The highest BCUT2D eigenvalue weighted by Crippen LogP contribution is 2.17. The van der Waals surface area contributed by atoms with Crippen molar-refractivity contribution in [3.05, 3.63) is 42.2 Å². The number of rotatable bonds is 5. The van der Waals surface area contributed by atoms with Crippen LogP contribution in [-0.2, 0) is 6.54 Å². The van der Waals surface area contributed by atoms with Crippen molar-refractivity contribution in [1.82, 2.24) is 19.6 Å². The van der Waals surface area contributed by atoms with E-state index >= 15 is 0 Å². The molecule has 118 valence electrons. The Bertz CT molecular complexity index is 830. The molecular formula is C14H14N6O3. The summed E-state index contributed by atoms with van der Waals surface area (Å²) in [5.41, 5.74) is 1.47. The molecule has 0 bridgehead atoms. The van der Waals surface area contributed by atoms with Crippen LogP contribution >= 0.6 is 0 Å². The molecule has 3 rings (SSSR count). The fourth-order valence-corrected chi connectivity index (χ4v) is 2.06. The van der Waals surface area contributed by atoms with Crippen molar-refractivity contribution < 1.29 is 14.6 Å². The minimum atomic E-state index is -1.20. The van der Waals surface area contributed by atoms with Crippen molar-refractivity contribution in [2.24, 2.45) is 0 Å². The summed E-state index contributed by atoms with van der Waals surface area (Å²) in [6.07, 6.45) is 1.92. The average molecular weight is 314 g/mol. The summed E-state index contributed by atoms with van der Waals surface area (Å²) in [6, 6.07) is 7.62. The maximum Gasteiger partial charge on any atom is 0.411 e. The highest BCUT2D eigenvalue weighted by molar-refractivity contribution is 5.81. The fraction of sp³-hybridized carbons (Fsp3) is 0.143. The van der Waals surface area contributed by atoms with Crippen LogP contribution in [-0.4, -0.2) is 37.9 Å². The molecule has 0 aliphatic carbocycles. The predicted octanol–water partition coefficient (Wildman–Crippen LogP) is 1.83. The predicted molar refractivity (Wildman–Crippen MR) is 82.8 cm³/mol. The van der Waals surface area contributed by atoms with Crippen LogP contribution in [0.2, 0.25) is 0 Å². The monoisotopic (exact) mass is 314 g/mol. The first kappa shape index (κ1) is 14.6. The van der Waals surface area contributed by atoms with Crippen molar-refractivity contribution >= 4 is 23.5 Å². The molecule has 0 atom stereocenters. The first-order chi connectivity index (χ1) is 11.2. The molecule has 0 spiro atoms. The van der Waals surface area contributed by atoms with Crippen LogP contribution in [0.4, 0.5) is 16.6 Å². The summed E-state index contributed by atoms with van der Waals surface area (Å²) < 4.78 is 6.63. The molecule has 0 unspecified atom stereocenters. The van der Waals surface area contributed by atoms with Gasteiger partial charge in [-0.05, 0) is 17.7 Å². The second-order valence-electron chi connectivity index (χ2n) is 4.62. The number of aromatic nitrogens is 4. The number of nitrogens with zero attached hydrogens (tertiary/aromatic N) is 4. The van der Waals surface area contributed by atoms with Crippen LogP contribution in [0.25, 0.3) is 5.65 Å². The number of ether oxygens (including phenoxy) is 1. The van der Waals surface area contributed by atoms with Crippen LogP contribution in [0.3, 0.4) is 0 Å². The smallest absolute Gasteiger partial charge is 0.411 e. The SMILES string of the molecule is COc1ccc(CNc2nccn3c(NC(=O)O)nnc23)cc1. The number of hydrogen-bond acceptors (Lipinski definition) is 6. The third-order valence-electron chi connectivity index (χ3n) is 3.16. The minimum absolute atomic E-state index is 0.113. The number of hydrogen-bond donors (Lipinski definition) is 3. The van der Waals surface area contributed by atoms with E-state index in [2.05, 4.69) is 25.8 Å². The molecule has 9 nitrogen and oxygen atoms in total. The lowest BCUT2D eigenvalue weighted by atomic mass is 10.2. The van der Waals surface area contributed by atoms with Gasteiger partial charge in [0.05, 0.1) is 7.11 Å². The number of carboxylic acid groups (broad SMARTS) is 1. The second-order valence-corrected chi connectivity index (χ2v) is 4.62. The zero-order valence-electron chi connectivity index (χ0n) is 12.2. The van der Waals surface area contributed by atoms with Gasteiger partial charge in [-0.1, -0.05) is 12.1 Å². The van der Waals surface area contributed by atoms with Gasteiger partial charge in [-0.3, -0.25) is 9.72 Å². The summed E-state index contributed by atoms with van der Waals surface area (Å²) >= 11 is 0. The molecule has 0 aliphatic heterocycles. The van der Waals surface area contributed by atoms with Crippen molar-refractivity contribution in [2.75, 3.05) is 17.7 Å². The Morgan fingerprint density at radius 2 is 2.09 bits per heavy atom. The Morgan fingerprint density at radius 3 is 2.78 bits per heavy atom. The molecule has 2 aromatic heterocycles. The highest BCUT2D eigenvalue weighted by Gasteiger charge is 2.11. The van der Waals surface area contributed by atoms with Gasteiger partial charge in [-0.2, -0.15) is 0 Å². The largest absolute Gasteiger partial charge is 0.497 e. The Balaban J connectivity index is 1.79. The van der Waals surface area contributed by atoms with Gasteiger partial charge < -0.3 is 15.2 Å². The topological polar surface area (TPSA) is 114 Å². The van der Waals surface area contributed by atoms with Gasteiger partial charge in [-0.15, -0.1) is 10.2 Å². The molecule has 0 fully saturated rings. The Morgan fingerprint density at radius 1 is 1.30 bits per heavy atom. The summed E-state index contributed by atoms with van der Waals surface area (Å²) in [4.78, 5) is 14.9. The number of amides is 1. The summed E-state index contributed by atoms with van der Waals surface area (Å²) in [5, 5.41) is 21.9. The van der Waals surface area contributed by atoms with Gasteiger partial charge >= 0.3 is 6.09 Å². The van der Waals surface area contributed by atoms with E-state index in [1.54, 1.807) is 19.5 Å². The molecule has 0 aliphatic rings. The van der Waals surface area contributed by atoms with Crippen molar-refractivity contribution in [3.63, 3.8) is 0 Å². The molecule has 9 heteroatoms. The highest BCUT2D eigenvalue weighted by atomic mass is 16.5. The zero-order chi connectivity index (χ0) is 16.2. The Hall–Kier alpha value is -3.36. The van der Waals surface area contributed by atoms with Crippen LogP contribution in [0.5, 0.6) is 5.75 Å². The molecular weight excluding hydrogens is 300 g/mol. The van der Waals surface area contributed by atoms with Gasteiger partial charge in [0.25, 0.3) is 0 Å². The van der Waals surface area contributed by atoms with Gasteiger partial charge in [-0.25, -0.2) is 9.78 Å². The first-order valence-corrected chi connectivity index (χ1v) is 6.74. The van der Waals surface area contributed by atoms with Gasteiger partial charge in [0.1, 0.15) is 5.75 Å². The molecule has 0 radical (unpaired) electrons. The second kappa shape index (κ2) is 6.18. The molecule has 1 aromatic carbocycles. The number of benzene rings is 1. The van der Waals surface area contributed by atoms with E-state index in [1.165, 1.54) is 4.40 Å². The van der Waals surface area contributed by atoms with E-state index in [0.717, 1.165) is 11.3 Å². The van der Waals surface area contributed by atoms with Crippen molar-refractivity contribution in [1.29, 1.82) is 0 Å². The van der Waals surface area contributed by atoms with Crippen LogP contribution < -0.4 is 15.4 Å². The van der Waals surface area contributed by atoms with Gasteiger partial charge in [0.2, 0.25) is 11.6 Å². The van der Waals surface area contributed by atoms with E-state index < -0.39 is 6.09 Å². The van der Waals surface area contributed by atoms with Crippen LogP contribution in [0.1, 0.15) is 5.56 Å². The fourth-order valence-electron chi connectivity index (χ4n) is 2.06. The lowest BCUT2D eigenvalue weighted by molar-refractivity contribution is 0.209. The zero-order valence-corrected chi connectivity index (χ0v) is 12.2. The van der Waals surface area contributed by atoms with E-state index in [-0.39, 0.29) is 5.95 Å². The summed E-state index contributed by atoms with van der Waals surface area (Å²) in [7, 11) is 1.62. The molecule has 3 N–H and O–H groups in total. The summed E-state index contributed by atoms with van der Waals surface area (Å²) in [6.45, 7) is 0.533. The third-order valence-corrected chi connectivity index (χ3v) is 3.16. The Labute approximate surface area is 130 Å². The number of nitrogens with one attached hydrogen (secondary N) is 2. The van der Waals surface area contributed by atoms with E-state index in [9.17, 15) is 4.79 Å². The van der Waals surface area contributed by atoms with Crippen LogP contribution in [0.15, 0.2) is 36.7 Å². The lowest BCUT2D eigenvalue weighted by Gasteiger charge is -2.07. The molecule has 1 amide bonds. The maximum atomic E-state index is 10.7. The van der Waals surface area contributed by atoms with E-state index in [4.69, 9.17) is 9.84 Å². The first-order valence-electron chi connectivity index (χ1n) is 6.74. The van der Waals surface area contributed by atoms with E-state index in [0.29, 0.717) is 18.0 Å². The normalized spacial score (nSPS) is 10.5. The van der Waals surface area contributed by atoms with Gasteiger partial charge in [0, 0.05) is 18.9 Å². The molecule has 3 aromatic rings. The number of carbonyl (C=O) groups is 1. The number of methoxy groups -OCH3 is 1. The molecule has 2 heterocycles. The third kappa shape index (κ3) is 3.12. The van der Waals surface area contributed by atoms with Crippen molar-refractivity contribution in [2.45, 2.75) is 6.54 Å². The maximum absolute atomic E-state index is 10.7. The summed E-state index contributed by atoms with van der Waals surface area (Å²) in [5.74, 6) is 1.41. The average Bonchev–Trinajstić information content (AvgIpc) is 2.96.